The van der Waals surface area contributed by atoms with E-state index < -0.39 is 11.9 Å². The molecule has 0 radical (unpaired) electrons. The Balaban J connectivity index is 5.08. The Morgan fingerprint density at radius 1 is 1.00 bits per heavy atom. The second-order valence-electron chi connectivity index (χ2n) is 5.03. The van der Waals surface area contributed by atoms with Crippen LogP contribution in [0, 0.1) is 11.3 Å². The summed E-state index contributed by atoms with van der Waals surface area (Å²) in [6.45, 7) is 9.89. The average Bonchev–Trinajstić information content (AvgIpc) is 2.03. The smallest absolute Gasteiger partial charge is 0.186 e. The highest BCUT2D eigenvalue weighted by atomic mass is 16.7. The van der Waals surface area contributed by atoms with E-state index in [1.165, 1.54) is 0 Å². The summed E-state index contributed by atoms with van der Waals surface area (Å²) in [5.41, 5.74) is -1.28. The Bertz CT molecular complexity index is 168. The molecule has 86 valence electrons. The molecule has 1 N–H and O–H groups in total. The third-order valence-electron chi connectivity index (χ3n) is 2.87. The maximum Gasteiger partial charge on any atom is 0.186 e. The SMILES string of the molecule is COC(OC)C(O)(C(C)C)C(C)(C)C. The minimum absolute atomic E-state index is 0.0624. The van der Waals surface area contributed by atoms with Crippen molar-refractivity contribution in [3.05, 3.63) is 0 Å². The molecule has 0 aromatic rings. The van der Waals surface area contributed by atoms with Crippen LogP contribution in [0.2, 0.25) is 0 Å². The predicted octanol–water partition coefficient (Wildman–Crippen LogP) is 2.04. The van der Waals surface area contributed by atoms with Gasteiger partial charge in [0.2, 0.25) is 0 Å². The van der Waals surface area contributed by atoms with Crippen molar-refractivity contribution < 1.29 is 14.6 Å². The Morgan fingerprint density at radius 2 is 1.36 bits per heavy atom. The molecule has 3 nitrogen and oxygen atoms in total. The minimum Gasteiger partial charge on any atom is -0.384 e. The van der Waals surface area contributed by atoms with Gasteiger partial charge >= 0.3 is 0 Å². The van der Waals surface area contributed by atoms with Gasteiger partial charge in [0.15, 0.2) is 6.29 Å². The fourth-order valence-electron chi connectivity index (χ4n) is 1.95. The van der Waals surface area contributed by atoms with Crippen molar-refractivity contribution in [2.24, 2.45) is 11.3 Å². The van der Waals surface area contributed by atoms with Gasteiger partial charge in [0.1, 0.15) is 5.60 Å². The van der Waals surface area contributed by atoms with Crippen LogP contribution in [0.4, 0.5) is 0 Å². The van der Waals surface area contributed by atoms with Crippen LogP contribution in [-0.4, -0.2) is 31.2 Å². The molecule has 14 heavy (non-hydrogen) atoms. The molecule has 0 rings (SSSR count). The van der Waals surface area contributed by atoms with E-state index in [2.05, 4.69) is 0 Å². The summed E-state index contributed by atoms with van der Waals surface area (Å²) < 4.78 is 10.4. The first kappa shape index (κ1) is 13.9. The molecule has 0 bridgehead atoms. The van der Waals surface area contributed by atoms with Crippen LogP contribution in [0.3, 0.4) is 0 Å². The van der Waals surface area contributed by atoms with Crippen LogP contribution in [0.5, 0.6) is 0 Å². The van der Waals surface area contributed by atoms with Gasteiger partial charge < -0.3 is 14.6 Å². The number of rotatable bonds is 4. The van der Waals surface area contributed by atoms with Gasteiger partial charge in [-0.15, -0.1) is 0 Å². The van der Waals surface area contributed by atoms with Gasteiger partial charge in [-0.05, 0) is 11.3 Å². The molecule has 0 aliphatic rings. The molecule has 1 unspecified atom stereocenters. The normalized spacial score (nSPS) is 17.6. The summed E-state index contributed by atoms with van der Waals surface area (Å²) in [5, 5.41) is 10.6. The van der Waals surface area contributed by atoms with Crippen LogP contribution in [0.1, 0.15) is 34.6 Å². The van der Waals surface area contributed by atoms with E-state index in [1.807, 2.05) is 34.6 Å². The summed E-state index contributed by atoms with van der Waals surface area (Å²) >= 11 is 0. The van der Waals surface area contributed by atoms with Gasteiger partial charge in [-0.3, -0.25) is 0 Å². The molecule has 0 aliphatic heterocycles. The number of methoxy groups -OCH3 is 2. The Kier molecular flexibility index (Phi) is 4.56. The van der Waals surface area contributed by atoms with Crippen LogP contribution < -0.4 is 0 Å². The summed E-state index contributed by atoms with van der Waals surface area (Å²) in [5.74, 6) is 0.0624. The highest BCUT2D eigenvalue weighted by molar-refractivity contribution is 4.96. The van der Waals surface area contributed by atoms with Crippen molar-refractivity contribution >= 4 is 0 Å². The maximum absolute atomic E-state index is 10.6. The third kappa shape index (κ3) is 2.27. The molecule has 0 aliphatic carbocycles. The lowest BCUT2D eigenvalue weighted by Gasteiger charge is -2.47. The van der Waals surface area contributed by atoms with Crippen molar-refractivity contribution in [1.29, 1.82) is 0 Å². The Morgan fingerprint density at radius 3 is 1.43 bits per heavy atom. The summed E-state index contributed by atoms with van der Waals surface area (Å²) in [6, 6.07) is 0. The van der Waals surface area contributed by atoms with E-state index in [4.69, 9.17) is 9.47 Å². The summed E-state index contributed by atoms with van der Waals surface area (Å²) in [4.78, 5) is 0. The van der Waals surface area contributed by atoms with Gasteiger partial charge in [0.25, 0.3) is 0 Å². The van der Waals surface area contributed by atoms with Gasteiger partial charge in [-0.25, -0.2) is 0 Å². The second-order valence-corrected chi connectivity index (χ2v) is 5.03. The van der Waals surface area contributed by atoms with Crippen molar-refractivity contribution in [2.75, 3.05) is 14.2 Å². The summed E-state index contributed by atoms with van der Waals surface area (Å²) in [6.07, 6.45) is -0.595. The standard InChI is InChI=1S/C11H24O3/c1-8(2)11(12,10(3,4)5)9(13-6)14-7/h8-9,12H,1-7H3. The first-order valence-electron chi connectivity index (χ1n) is 4.99. The van der Waals surface area contributed by atoms with Crippen molar-refractivity contribution in [2.45, 2.75) is 46.5 Å². The molecule has 0 amide bonds. The molecule has 0 saturated carbocycles. The van der Waals surface area contributed by atoms with E-state index in [-0.39, 0.29) is 11.3 Å². The first-order valence-corrected chi connectivity index (χ1v) is 4.99. The molecule has 0 saturated heterocycles. The van der Waals surface area contributed by atoms with Crippen LogP contribution in [-0.2, 0) is 9.47 Å². The Hall–Kier alpha value is -0.120. The van der Waals surface area contributed by atoms with Crippen molar-refractivity contribution in [3.63, 3.8) is 0 Å². The van der Waals surface area contributed by atoms with Gasteiger partial charge in [0, 0.05) is 14.2 Å². The molecule has 1 atom stereocenters. The van der Waals surface area contributed by atoms with Gasteiger partial charge in [-0.1, -0.05) is 34.6 Å². The average molecular weight is 204 g/mol. The molecule has 3 heteroatoms. The second kappa shape index (κ2) is 4.60. The lowest BCUT2D eigenvalue weighted by Crippen LogP contribution is -2.57. The highest BCUT2D eigenvalue weighted by Gasteiger charge is 2.50. The first-order chi connectivity index (χ1) is 6.21. The number of hydrogen-bond donors (Lipinski definition) is 1. The Labute approximate surface area is 87.4 Å². The molecule has 0 heterocycles. The molecular weight excluding hydrogens is 180 g/mol. The molecular formula is C11H24O3. The topological polar surface area (TPSA) is 38.7 Å². The van der Waals surface area contributed by atoms with E-state index in [1.54, 1.807) is 14.2 Å². The lowest BCUT2D eigenvalue weighted by molar-refractivity contribution is -0.267. The predicted molar refractivity (Wildman–Crippen MR) is 57.0 cm³/mol. The third-order valence-corrected chi connectivity index (χ3v) is 2.87. The molecule has 0 spiro atoms. The van der Waals surface area contributed by atoms with E-state index >= 15 is 0 Å². The lowest BCUT2D eigenvalue weighted by atomic mass is 9.69. The van der Waals surface area contributed by atoms with E-state index in [0.717, 1.165) is 0 Å². The van der Waals surface area contributed by atoms with E-state index in [0.29, 0.717) is 0 Å². The highest BCUT2D eigenvalue weighted by Crippen LogP contribution is 2.40. The number of ether oxygens (including phenoxy) is 2. The van der Waals surface area contributed by atoms with Crippen molar-refractivity contribution in [3.8, 4) is 0 Å². The quantitative estimate of drug-likeness (QED) is 0.712. The number of hydrogen-bond acceptors (Lipinski definition) is 3. The van der Waals surface area contributed by atoms with Crippen molar-refractivity contribution in [1.82, 2.24) is 0 Å². The monoisotopic (exact) mass is 204 g/mol. The molecule has 0 aromatic heterocycles. The fourth-order valence-corrected chi connectivity index (χ4v) is 1.95. The zero-order valence-electron chi connectivity index (χ0n) is 10.4. The van der Waals surface area contributed by atoms with Crippen LogP contribution >= 0.6 is 0 Å². The largest absolute Gasteiger partial charge is 0.384 e. The number of aliphatic hydroxyl groups is 1. The van der Waals surface area contributed by atoms with Crippen LogP contribution in [0.15, 0.2) is 0 Å². The maximum atomic E-state index is 10.6. The van der Waals surface area contributed by atoms with Gasteiger partial charge in [-0.2, -0.15) is 0 Å². The van der Waals surface area contributed by atoms with Gasteiger partial charge in [0.05, 0.1) is 0 Å². The van der Waals surface area contributed by atoms with Crippen LogP contribution in [0.25, 0.3) is 0 Å². The molecule has 0 fully saturated rings. The minimum atomic E-state index is -0.990. The van der Waals surface area contributed by atoms with E-state index in [9.17, 15) is 5.11 Å². The molecule has 0 aromatic carbocycles. The zero-order valence-corrected chi connectivity index (χ0v) is 10.4. The fraction of sp³-hybridized carbons (Fsp3) is 1.00. The zero-order chi connectivity index (χ0) is 11.6. The summed E-state index contributed by atoms with van der Waals surface area (Å²) in [7, 11) is 3.10.